The first kappa shape index (κ1) is 18.7. The van der Waals surface area contributed by atoms with Gasteiger partial charge in [-0.2, -0.15) is 0 Å². The molecule has 3 aromatic rings. The van der Waals surface area contributed by atoms with Crippen molar-refractivity contribution >= 4 is 23.5 Å². The van der Waals surface area contributed by atoms with Gasteiger partial charge in [0.1, 0.15) is 6.04 Å². The first-order valence-corrected chi connectivity index (χ1v) is 8.84. The average Bonchev–Trinajstić information content (AvgIpc) is 2.70. The lowest BCUT2D eigenvalue weighted by atomic mass is 9.84. The molecule has 0 fully saturated rings. The standard InChI is InChI=1S/C22H18ClNO3/c23-18-14-8-7-13-17(18)19(15-9-3-1-4-10-15)20(22(26)27)24-21(25)16-11-5-2-6-12-16/h1-14,19-20H,(H,24,25)(H,26,27). The number of halogens is 1. The van der Waals surface area contributed by atoms with E-state index in [1.807, 2.05) is 30.3 Å². The molecule has 0 radical (unpaired) electrons. The van der Waals surface area contributed by atoms with Gasteiger partial charge in [-0.1, -0.05) is 78.3 Å². The van der Waals surface area contributed by atoms with Gasteiger partial charge < -0.3 is 10.4 Å². The molecular weight excluding hydrogens is 362 g/mol. The number of carboxylic acid groups (broad SMARTS) is 1. The highest BCUT2D eigenvalue weighted by Gasteiger charge is 2.33. The molecule has 2 atom stereocenters. The Bertz CT molecular complexity index is 929. The minimum absolute atomic E-state index is 0.398. The summed E-state index contributed by atoms with van der Waals surface area (Å²) in [6, 6.07) is 23.6. The maximum Gasteiger partial charge on any atom is 0.327 e. The Kier molecular flexibility index (Phi) is 5.89. The lowest BCUT2D eigenvalue weighted by Crippen LogP contribution is -2.45. The normalized spacial score (nSPS) is 12.8. The van der Waals surface area contributed by atoms with Crippen LogP contribution < -0.4 is 5.32 Å². The summed E-state index contributed by atoms with van der Waals surface area (Å²) in [5.74, 6) is -2.21. The molecule has 0 saturated heterocycles. The topological polar surface area (TPSA) is 66.4 Å². The van der Waals surface area contributed by atoms with Gasteiger partial charge in [-0.25, -0.2) is 4.79 Å². The van der Waals surface area contributed by atoms with Crippen molar-refractivity contribution in [3.05, 3.63) is 107 Å². The van der Waals surface area contributed by atoms with Crippen LogP contribution in [0.15, 0.2) is 84.9 Å². The van der Waals surface area contributed by atoms with Gasteiger partial charge in [-0.05, 0) is 29.3 Å². The molecule has 0 saturated carbocycles. The van der Waals surface area contributed by atoms with Crippen molar-refractivity contribution in [3.63, 3.8) is 0 Å². The Morgan fingerprint density at radius 1 is 0.815 bits per heavy atom. The molecule has 0 aliphatic rings. The number of carbonyl (C=O) groups excluding carboxylic acids is 1. The molecule has 2 N–H and O–H groups in total. The quantitative estimate of drug-likeness (QED) is 0.669. The lowest BCUT2D eigenvalue weighted by Gasteiger charge is -2.26. The Morgan fingerprint density at radius 3 is 1.96 bits per heavy atom. The first-order valence-electron chi connectivity index (χ1n) is 8.46. The second kappa shape index (κ2) is 8.52. The minimum Gasteiger partial charge on any atom is -0.480 e. The van der Waals surface area contributed by atoms with Crippen LogP contribution in [0.3, 0.4) is 0 Å². The average molecular weight is 380 g/mol. The van der Waals surface area contributed by atoms with Crippen molar-refractivity contribution in [2.24, 2.45) is 0 Å². The van der Waals surface area contributed by atoms with Gasteiger partial charge >= 0.3 is 5.97 Å². The molecule has 0 spiro atoms. The van der Waals surface area contributed by atoms with Crippen molar-refractivity contribution in [3.8, 4) is 0 Å². The van der Waals surface area contributed by atoms with Crippen LogP contribution in [0.2, 0.25) is 5.02 Å². The Balaban J connectivity index is 2.03. The predicted octanol–water partition coefficient (Wildman–Crippen LogP) is 4.36. The SMILES string of the molecule is O=C(NC(C(=O)O)C(c1ccccc1)c1ccccc1Cl)c1ccccc1. The van der Waals surface area contributed by atoms with Crippen molar-refractivity contribution in [1.82, 2.24) is 5.32 Å². The smallest absolute Gasteiger partial charge is 0.327 e. The maximum atomic E-state index is 12.6. The van der Waals surface area contributed by atoms with Gasteiger partial charge in [0.25, 0.3) is 5.91 Å². The number of hydrogen-bond donors (Lipinski definition) is 2. The summed E-state index contributed by atoms with van der Waals surface area (Å²) in [5, 5.41) is 13.0. The van der Waals surface area contributed by atoms with E-state index in [1.165, 1.54) is 0 Å². The molecule has 136 valence electrons. The molecule has 0 aliphatic carbocycles. The van der Waals surface area contributed by atoms with Crippen molar-refractivity contribution < 1.29 is 14.7 Å². The fourth-order valence-electron chi connectivity index (χ4n) is 3.04. The third kappa shape index (κ3) is 4.36. The molecule has 0 bridgehead atoms. The van der Waals surface area contributed by atoms with Gasteiger partial charge in [0.15, 0.2) is 0 Å². The number of aliphatic carboxylic acids is 1. The summed E-state index contributed by atoms with van der Waals surface area (Å²) in [5.41, 5.74) is 1.80. The largest absolute Gasteiger partial charge is 0.480 e. The summed E-state index contributed by atoms with van der Waals surface area (Å²) in [7, 11) is 0. The van der Waals surface area contributed by atoms with Gasteiger partial charge in [0, 0.05) is 16.5 Å². The maximum absolute atomic E-state index is 12.6. The number of carbonyl (C=O) groups is 2. The zero-order valence-electron chi connectivity index (χ0n) is 14.4. The third-order valence-corrected chi connectivity index (χ3v) is 4.67. The molecule has 27 heavy (non-hydrogen) atoms. The van der Waals surface area contributed by atoms with Crippen LogP contribution in [-0.4, -0.2) is 23.0 Å². The second-order valence-electron chi connectivity index (χ2n) is 6.07. The van der Waals surface area contributed by atoms with Gasteiger partial charge in [0.05, 0.1) is 0 Å². The molecular formula is C22H18ClNO3. The molecule has 2 unspecified atom stereocenters. The summed E-state index contributed by atoms with van der Waals surface area (Å²) in [4.78, 5) is 24.7. The first-order chi connectivity index (χ1) is 13.1. The number of carboxylic acids is 1. The Labute approximate surface area is 162 Å². The number of amides is 1. The van der Waals surface area contributed by atoms with E-state index in [0.717, 1.165) is 5.56 Å². The van der Waals surface area contributed by atoms with E-state index in [2.05, 4.69) is 5.32 Å². The van der Waals surface area contributed by atoms with Crippen LogP contribution in [-0.2, 0) is 4.79 Å². The second-order valence-corrected chi connectivity index (χ2v) is 6.47. The van der Waals surface area contributed by atoms with E-state index in [1.54, 1.807) is 54.6 Å². The predicted molar refractivity (Wildman–Crippen MR) is 105 cm³/mol. The molecule has 3 aromatic carbocycles. The number of benzene rings is 3. The number of hydrogen-bond acceptors (Lipinski definition) is 2. The Hall–Kier alpha value is -3.11. The van der Waals surface area contributed by atoms with Crippen molar-refractivity contribution in [2.45, 2.75) is 12.0 Å². The van der Waals surface area contributed by atoms with E-state index in [0.29, 0.717) is 16.1 Å². The number of nitrogens with one attached hydrogen (secondary N) is 1. The van der Waals surface area contributed by atoms with Crippen LogP contribution in [0.25, 0.3) is 0 Å². The fourth-order valence-corrected chi connectivity index (χ4v) is 3.29. The van der Waals surface area contributed by atoms with Crippen molar-refractivity contribution in [2.75, 3.05) is 0 Å². The third-order valence-electron chi connectivity index (χ3n) is 4.32. The Morgan fingerprint density at radius 2 is 1.37 bits per heavy atom. The molecule has 0 aliphatic heterocycles. The molecule has 0 heterocycles. The summed E-state index contributed by atoms with van der Waals surface area (Å²) in [6.07, 6.45) is 0. The van der Waals surface area contributed by atoms with E-state index in [4.69, 9.17) is 11.6 Å². The molecule has 3 rings (SSSR count). The zero-order valence-corrected chi connectivity index (χ0v) is 15.1. The summed E-state index contributed by atoms with van der Waals surface area (Å²) in [6.45, 7) is 0. The summed E-state index contributed by atoms with van der Waals surface area (Å²) >= 11 is 6.37. The van der Waals surface area contributed by atoms with Gasteiger partial charge in [0.2, 0.25) is 0 Å². The van der Waals surface area contributed by atoms with Crippen LogP contribution >= 0.6 is 11.6 Å². The van der Waals surface area contributed by atoms with E-state index in [9.17, 15) is 14.7 Å². The summed E-state index contributed by atoms with van der Waals surface area (Å²) < 4.78 is 0. The zero-order chi connectivity index (χ0) is 19.2. The van der Waals surface area contributed by atoms with E-state index in [-0.39, 0.29) is 0 Å². The van der Waals surface area contributed by atoms with Crippen molar-refractivity contribution in [1.29, 1.82) is 0 Å². The highest BCUT2D eigenvalue weighted by atomic mass is 35.5. The van der Waals surface area contributed by atoms with Crippen LogP contribution in [0.4, 0.5) is 0 Å². The minimum atomic E-state index is -1.18. The number of rotatable bonds is 6. The fraction of sp³-hybridized carbons (Fsp3) is 0.0909. The van der Waals surface area contributed by atoms with E-state index >= 15 is 0 Å². The molecule has 5 heteroatoms. The van der Waals surface area contributed by atoms with Gasteiger partial charge in [-0.3, -0.25) is 4.79 Å². The van der Waals surface area contributed by atoms with Crippen LogP contribution in [0, 0.1) is 0 Å². The van der Waals surface area contributed by atoms with Crippen LogP contribution in [0.5, 0.6) is 0 Å². The van der Waals surface area contributed by atoms with Gasteiger partial charge in [-0.15, -0.1) is 0 Å². The van der Waals surface area contributed by atoms with Crippen LogP contribution in [0.1, 0.15) is 27.4 Å². The monoisotopic (exact) mass is 379 g/mol. The molecule has 1 amide bonds. The van der Waals surface area contributed by atoms with E-state index < -0.39 is 23.8 Å². The highest BCUT2D eigenvalue weighted by Crippen LogP contribution is 2.33. The molecule has 4 nitrogen and oxygen atoms in total. The molecule has 0 aromatic heterocycles. The lowest BCUT2D eigenvalue weighted by molar-refractivity contribution is -0.139. The highest BCUT2D eigenvalue weighted by molar-refractivity contribution is 6.31.